The van der Waals surface area contributed by atoms with E-state index in [-0.39, 0.29) is 6.04 Å². The summed E-state index contributed by atoms with van der Waals surface area (Å²) in [5, 5.41) is 4.32. The predicted molar refractivity (Wildman–Crippen MR) is 84.2 cm³/mol. The molecule has 1 heterocycles. The van der Waals surface area contributed by atoms with Crippen LogP contribution in [-0.2, 0) is 13.0 Å². The van der Waals surface area contributed by atoms with Gasteiger partial charge in [-0.05, 0) is 43.7 Å². The van der Waals surface area contributed by atoms with Crippen LogP contribution in [0.25, 0.3) is 0 Å². The highest BCUT2D eigenvalue weighted by atomic mass is 35.5. The van der Waals surface area contributed by atoms with E-state index in [0.29, 0.717) is 0 Å². The zero-order valence-electron chi connectivity index (χ0n) is 12.4. The number of nitrogens with one attached hydrogen (secondary N) is 1. The number of aromatic nitrogens is 2. The third-order valence-corrected chi connectivity index (χ3v) is 3.66. The molecule has 0 saturated carbocycles. The molecule has 0 aliphatic heterocycles. The maximum atomic E-state index is 6.19. The maximum Gasteiger partial charge on any atom is 0.110 e. The topological polar surface area (TPSA) is 29.9 Å². The molecular weight excluding hydrogens is 270 g/mol. The van der Waals surface area contributed by atoms with Gasteiger partial charge < -0.3 is 9.88 Å². The van der Waals surface area contributed by atoms with Gasteiger partial charge in [-0.25, -0.2) is 4.98 Å². The van der Waals surface area contributed by atoms with Crippen LogP contribution in [0.15, 0.2) is 30.6 Å². The number of nitrogens with zero attached hydrogens (tertiary/aromatic N) is 2. The molecule has 0 amide bonds. The van der Waals surface area contributed by atoms with Crippen LogP contribution in [0.3, 0.4) is 0 Å². The Morgan fingerprint density at radius 2 is 2.10 bits per heavy atom. The Morgan fingerprint density at radius 1 is 1.30 bits per heavy atom. The number of hydrogen-bond donors (Lipinski definition) is 1. The molecule has 20 heavy (non-hydrogen) atoms. The zero-order chi connectivity index (χ0) is 14.5. The molecule has 1 unspecified atom stereocenters. The number of aryl methyl sites for hydroxylation is 2. The lowest BCUT2D eigenvalue weighted by Crippen LogP contribution is -2.24. The number of hydrogen-bond acceptors (Lipinski definition) is 2. The largest absolute Gasteiger partial charge is 0.335 e. The number of rotatable bonds is 6. The van der Waals surface area contributed by atoms with Crippen molar-refractivity contribution in [1.82, 2.24) is 14.9 Å². The van der Waals surface area contributed by atoms with E-state index in [1.54, 1.807) is 0 Å². The van der Waals surface area contributed by atoms with Crippen molar-refractivity contribution in [3.05, 3.63) is 52.6 Å². The lowest BCUT2D eigenvalue weighted by Gasteiger charge is -2.19. The average Bonchev–Trinajstić information content (AvgIpc) is 2.84. The summed E-state index contributed by atoms with van der Waals surface area (Å²) in [5.74, 6) is 1.11. The molecular formula is C16H22ClN3. The van der Waals surface area contributed by atoms with Crippen molar-refractivity contribution in [2.24, 2.45) is 0 Å². The third kappa shape index (κ3) is 3.62. The van der Waals surface area contributed by atoms with E-state index in [4.69, 9.17) is 11.6 Å². The third-order valence-electron chi connectivity index (χ3n) is 3.45. The molecule has 108 valence electrons. The summed E-state index contributed by atoms with van der Waals surface area (Å²) in [6.07, 6.45) is 4.76. The van der Waals surface area contributed by atoms with Crippen molar-refractivity contribution in [2.45, 2.75) is 39.8 Å². The van der Waals surface area contributed by atoms with Crippen LogP contribution >= 0.6 is 11.6 Å². The van der Waals surface area contributed by atoms with Gasteiger partial charge in [-0.3, -0.25) is 0 Å². The van der Waals surface area contributed by atoms with E-state index in [2.05, 4.69) is 41.7 Å². The Labute approximate surface area is 126 Å². The Balaban J connectivity index is 2.26. The van der Waals surface area contributed by atoms with Crippen molar-refractivity contribution >= 4 is 11.6 Å². The molecule has 2 aromatic rings. The molecule has 1 atom stereocenters. The lowest BCUT2D eigenvalue weighted by atomic mass is 10.0. The van der Waals surface area contributed by atoms with Gasteiger partial charge in [0.1, 0.15) is 5.82 Å². The van der Waals surface area contributed by atoms with Crippen molar-refractivity contribution in [2.75, 3.05) is 6.54 Å². The van der Waals surface area contributed by atoms with Gasteiger partial charge in [0.25, 0.3) is 0 Å². The van der Waals surface area contributed by atoms with Crippen molar-refractivity contribution in [3.8, 4) is 0 Å². The van der Waals surface area contributed by atoms with Crippen LogP contribution in [0.2, 0.25) is 5.02 Å². The molecule has 3 nitrogen and oxygen atoms in total. The molecule has 0 spiro atoms. The number of imidazole rings is 1. The molecule has 1 aromatic carbocycles. The summed E-state index contributed by atoms with van der Waals surface area (Å²) in [4.78, 5) is 4.47. The Morgan fingerprint density at radius 3 is 2.75 bits per heavy atom. The van der Waals surface area contributed by atoms with E-state index in [9.17, 15) is 0 Å². The molecule has 1 N–H and O–H groups in total. The average molecular weight is 292 g/mol. The monoisotopic (exact) mass is 291 g/mol. The van der Waals surface area contributed by atoms with Crippen LogP contribution in [0.1, 0.15) is 36.8 Å². The van der Waals surface area contributed by atoms with Crippen LogP contribution < -0.4 is 5.32 Å². The number of likely N-dealkylation sites (N-methyl/N-ethyl adjacent to an activating group) is 1. The van der Waals surface area contributed by atoms with Gasteiger partial charge in [0.15, 0.2) is 0 Å². The fraction of sp³-hybridized carbons (Fsp3) is 0.438. The fourth-order valence-corrected chi connectivity index (χ4v) is 2.82. The maximum absolute atomic E-state index is 6.19. The summed E-state index contributed by atoms with van der Waals surface area (Å²) in [5.41, 5.74) is 2.41. The van der Waals surface area contributed by atoms with Crippen LogP contribution in [-0.4, -0.2) is 16.1 Å². The molecule has 1 aromatic heterocycles. The highest BCUT2D eigenvalue weighted by Gasteiger charge is 2.15. The predicted octanol–water partition coefficient (Wildman–Crippen LogP) is 3.76. The van der Waals surface area contributed by atoms with Crippen molar-refractivity contribution < 1.29 is 0 Å². The van der Waals surface area contributed by atoms with Gasteiger partial charge in [-0.1, -0.05) is 24.6 Å². The summed E-state index contributed by atoms with van der Waals surface area (Å²) in [6.45, 7) is 8.20. The Kier molecular flexibility index (Phi) is 5.21. The summed E-state index contributed by atoms with van der Waals surface area (Å²) in [6, 6.07) is 6.46. The van der Waals surface area contributed by atoms with Gasteiger partial charge in [0.2, 0.25) is 0 Å². The van der Waals surface area contributed by atoms with E-state index in [1.165, 1.54) is 11.1 Å². The number of halogens is 1. The second-order valence-electron chi connectivity index (χ2n) is 5.01. The van der Waals surface area contributed by atoms with Gasteiger partial charge in [-0.2, -0.15) is 0 Å². The minimum Gasteiger partial charge on any atom is -0.335 e. The highest BCUT2D eigenvalue weighted by molar-refractivity contribution is 6.30. The Hall–Kier alpha value is -1.32. The molecule has 0 fully saturated rings. The van der Waals surface area contributed by atoms with Crippen molar-refractivity contribution in [1.29, 1.82) is 0 Å². The standard InChI is InChI=1S/C16H22ClN3/c1-4-18-15(11-16-19-6-7-20(16)5-2)13-8-12(3)9-14(17)10-13/h6-10,15,18H,4-5,11H2,1-3H3. The first kappa shape index (κ1) is 15.1. The summed E-state index contributed by atoms with van der Waals surface area (Å²) in [7, 11) is 0. The molecule has 0 aliphatic rings. The first-order valence-corrected chi connectivity index (χ1v) is 7.52. The summed E-state index contributed by atoms with van der Waals surface area (Å²) < 4.78 is 2.18. The smallest absolute Gasteiger partial charge is 0.110 e. The molecule has 0 saturated heterocycles. The van der Waals surface area contributed by atoms with E-state index >= 15 is 0 Å². The molecule has 2 rings (SSSR count). The first-order valence-electron chi connectivity index (χ1n) is 7.14. The molecule has 4 heteroatoms. The minimum absolute atomic E-state index is 0.241. The molecule has 0 aliphatic carbocycles. The van der Waals surface area contributed by atoms with Crippen molar-refractivity contribution in [3.63, 3.8) is 0 Å². The normalized spacial score (nSPS) is 12.6. The summed E-state index contributed by atoms with van der Waals surface area (Å²) >= 11 is 6.19. The zero-order valence-corrected chi connectivity index (χ0v) is 13.1. The minimum atomic E-state index is 0.241. The Bertz CT molecular complexity index is 542. The second-order valence-corrected chi connectivity index (χ2v) is 5.44. The van der Waals surface area contributed by atoms with Gasteiger partial charge in [0, 0.05) is 36.4 Å². The quantitative estimate of drug-likeness (QED) is 0.878. The van der Waals surface area contributed by atoms with Crippen LogP contribution in [0.5, 0.6) is 0 Å². The van der Waals surface area contributed by atoms with Gasteiger partial charge in [-0.15, -0.1) is 0 Å². The fourth-order valence-electron chi connectivity index (χ4n) is 2.52. The second kappa shape index (κ2) is 6.91. The van der Waals surface area contributed by atoms with Gasteiger partial charge in [0.05, 0.1) is 0 Å². The van der Waals surface area contributed by atoms with Gasteiger partial charge >= 0.3 is 0 Å². The molecule has 0 radical (unpaired) electrons. The lowest BCUT2D eigenvalue weighted by molar-refractivity contribution is 0.522. The van der Waals surface area contributed by atoms with Crippen LogP contribution in [0.4, 0.5) is 0 Å². The van der Waals surface area contributed by atoms with E-state index in [1.807, 2.05) is 24.5 Å². The van der Waals surface area contributed by atoms with E-state index < -0.39 is 0 Å². The molecule has 0 bridgehead atoms. The highest BCUT2D eigenvalue weighted by Crippen LogP contribution is 2.23. The number of benzene rings is 1. The van der Waals surface area contributed by atoms with E-state index in [0.717, 1.165) is 30.4 Å². The van der Waals surface area contributed by atoms with Crippen LogP contribution in [0, 0.1) is 6.92 Å². The SMILES string of the molecule is CCNC(Cc1nccn1CC)c1cc(C)cc(Cl)c1. The first-order chi connectivity index (χ1) is 9.63.